The van der Waals surface area contributed by atoms with Crippen molar-refractivity contribution < 1.29 is 9.84 Å². The van der Waals surface area contributed by atoms with E-state index < -0.39 is 5.60 Å². The van der Waals surface area contributed by atoms with E-state index in [-0.39, 0.29) is 0 Å². The molecule has 1 unspecified atom stereocenters. The SMILES string of the molecule is CC(CN1CCOCC1)NCCC(C)(C)O. The zero-order valence-corrected chi connectivity index (χ0v) is 10.8. The third-order valence-corrected chi connectivity index (χ3v) is 2.87. The predicted molar refractivity (Wildman–Crippen MR) is 65.6 cm³/mol. The van der Waals surface area contributed by atoms with Crippen LogP contribution >= 0.6 is 0 Å². The second-order valence-electron chi connectivity index (χ2n) is 5.33. The number of hydrogen-bond donors (Lipinski definition) is 2. The highest BCUT2D eigenvalue weighted by molar-refractivity contribution is 4.72. The third-order valence-electron chi connectivity index (χ3n) is 2.87. The van der Waals surface area contributed by atoms with Crippen LogP contribution < -0.4 is 5.32 Å². The number of rotatable bonds is 6. The summed E-state index contributed by atoms with van der Waals surface area (Å²) in [6.07, 6.45) is 0.792. The van der Waals surface area contributed by atoms with Gasteiger partial charge in [0.25, 0.3) is 0 Å². The normalized spacial score (nSPS) is 21.0. The second kappa shape index (κ2) is 6.55. The van der Waals surface area contributed by atoms with E-state index in [4.69, 9.17) is 4.74 Å². The molecule has 0 saturated carbocycles. The summed E-state index contributed by atoms with van der Waals surface area (Å²) in [7, 11) is 0. The van der Waals surface area contributed by atoms with Gasteiger partial charge in [-0.3, -0.25) is 4.90 Å². The van der Waals surface area contributed by atoms with Crippen LogP contribution in [-0.4, -0.2) is 61.0 Å². The lowest BCUT2D eigenvalue weighted by atomic mass is 10.1. The topological polar surface area (TPSA) is 44.7 Å². The van der Waals surface area contributed by atoms with E-state index in [1.165, 1.54) is 0 Å². The molecule has 0 amide bonds. The van der Waals surface area contributed by atoms with E-state index in [0.717, 1.165) is 45.8 Å². The fourth-order valence-electron chi connectivity index (χ4n) is 1.86. The van der Waals surface area contributed by atoms with Gasteiger partial charge in [0.1, 0.15) is 0 Å². The molecule has 1 fully saturated rings. The summed E-state index contributed by atoms with van der Waals surface area (Å²) in [6.45, 7) is 11.6. The fraction of sp³-hybridized carbons (Fsp3) is 1.00. The summed E-state index contributed by atoms with van der Waals surface area (Å²) in [6, 6.07) is 0.473. The summed E-state index contributed by atoms with van der Waals surface area (Å²) in [5.41, 5.74) is -0.564. The molecule has 96 valence electrons. The Labute approximate surface area is 99.0 Å². The van der Waals surface area contributed by atoms with Crippen molar-refractivity contribution in [1.29, 1.82) is 0 Å². The molecule has 0 aromatic heterocycles. The van der Waals surface area contributed by atoms with Gasteiger partial charge in [0.15, 0.2) is 0 Å². The average molecular weight is 230 g/mol. The number of hydrogen-bond acceptors (Lipinski definition) is 4. The van der Waals surface area contributed by atoms with E-state index in [9.17, 15) is 5.11 Å². The molecule has 0 aromatic carbocycles. The van der Waals surface area contributed by atoms with Gasteiger partial charge in [0.05, 0.1) is 18.8 Å². The Morgan fingerprint density at radius 2 is 2.00 bits per heavy atom. The van der Waals surface area contributed by atoms with Crippen molar-refractivity contribution >= 4 is 0 Å². The summed E-state index contributed by atoms with van der Waals surface area (Å²) >= 11 is 0. The molecule has 2 N–H and O–H groups in total. The number of aliphatic hydroxyl groups is 1. The standard InChI is InChI=1S/C12H26N2O2/c1-11(13-5-4-12(2,3)15)10-14-6-8-16-9-7-14/h11,13,15H,4-10H2,1-3H3. The van der Waals surface area contributed by atoms with Gasteiger partial charge in [0.2, 0.25) is 0 Å². The van der Waals surface area contributed by atoms with Crippen molar-refractivity contribution in [3.63, 3.8) is 0 Å². The van der Waals surface area contributed by atoms with E-state index in [0.29, 0.717) is 6.04 Å². The van der Waals surface area contributed by atoms with Crippen LogP contribution in [0.2, 0.25) is 0 Å². The lowest BCUT2D eigenvalue weighted by Gasteiger charge is -2.29. The third kappa shape index (κ3) is 6.43. The van der Waals surface area contributed by atoms with Gasteiger partial charge in [-0.2, -0.15) is 0 Å². The Morgan fingerprint density at radius 3 is 2.56 bits per heavy atom. The molecular formula is C12H26N2O2. The Kier molecular flexibility index (Phi) is 5.69. The van der Waals surface area contributed by atoms with Crippen LogP contribution in [0.1, 0.15) is 27.2 Å². The van der Waals surface area contributed by atoms with Gasteiger partial charge >= 0.3 is 0 Å². The first-order valence-corrected chi connectivity index (χ1v) is 6.23. The highest BCUT2D eigenvalue weighted by Gasteiger charge is 2.15. The summed E-state index contributed by atoms with van der Waals surface area (Å²) < 4.78 is 5.31. The molecule has 1 aliphatic rings. The quantitative estimate of drug-likeness (QED) is 0.696. The Balaban J connectivity index is 2.08. The van der Waals surface area contributed by atoms with E-state index in [1.54, 1.807) is 0 Å². The Hall–Kier alpha value is -0.160. The first-order valence-electron chi connectivity index (χ1n) is 6.23. The Morgan fingerprint density at radius 1 is 1.38 bits per heavy atom. The fourth-order valence-corrected chi connectivity index (χ4v) is 1.86. The van der Waals surface area contributed by atoms with Crippen LogP contribution in [0.3, 0.4) is 0 Å². The maximum atomic E-state index is 9.59. The predicted octanol–water partition coefficient (Wildman–Crippen LogP) is 0.458. The van der Waals surface area contributed by atoms with Crippen molar-refractivity contribution in [2.45, 2.75) is 38.8 Å². The van der Waals surface area contributed by atoms with Gasteiger partial charge in [-0.05, 0) is 33.7 Å². The van der Waals surface area contributed by atoms with Gasteiger partial charge in [-0.1, -0.05) is 0 Å². The highest BCUT2D eigenvalue weighted by atomic mass is 16.5. The number of morpholine rings is 1. The molecule has 0 spiro atoms. The molecule has 0 aliphatic carbocycles. The molecular weight excluding hydrogens is 204 g/mol. The summed E-state index contributed by atoms with van der Waals surface area (Å²) in [4.78, 5) is 2.42. The lowest BCUT2D eigenvalue weighted by Crippen LogP contribution is -2.45. The van der Waals surface area contributed by atoms with Crippen molar-refractivity contribution in [2.24, 2.45) is 0 Å². The molecule has 16 heavy (non-hydrogen) atoms. The lowest BCUT2D eigenvalue weighted by molar-refractivity contribution is 0.0335. The Bertz CT molecular complexity index is 186. The zero-order valence-electron chi connectivity index (χ0n) is 10.8. The van der Waals surface area contributed by atoms with Crippen molar-refractivity contribution in [2.75, 3.05) is 39.4 Å². The summed E-state index contributed by atoms with van der Waals surface area (Å²) in [5, 5.41) is 13.0. The molecule has 4 nitrogen and oxygen atoms in total. The van der Waals surface area contributed by atoms with Crippen molar-refractivity contribution in [1.82, 2.24) is 10.2 Å². The zero-order chi connectivity index (χ0) is 12.0. The molecule has 1 heterocycles. The smallest absolute Gasteiger partial charge is 0.0603 e. The van der Waals surface area contributed by atoms with Gasteiger partial charge < -0.3 is 15.2 Å². The van der Waals surface area contributed by atoms with Gasteiger partial charge in [0, 0.05) is 25.7 Å². The number of nitrogens with one attached hydrogen (secondary N) is 1. The minimum absolute atomic E-state index is 0.473. The molecule has 0 radical (unpaired) electrons. The van der Waals surface area contributed by atoms with Crippen LogP contribution in [0, 0.1) is 0 Å². The molecule has 1 aliphatic heterocycles. The first kappa shape index (κ1) is 13.9. The molecule has 0 aromatic rings. The van der Waals surface area contributed by atoms with E-state index >= 15 is 0 Å². The van der Waals surface area contributed by atoms with Crippen molar-refractivity contribution in [3.05, 3.63) is 0 Å². The van der Waals surface area contributed by atoms with Crippen LogP contribution in [0.5, 0.6) is 0 Å². The molecule has 1 rings (SSSR count). The average Bonchev–Trinajstić information content (AvgIpc) is 2.17. The van der Waals surface area contributed by atoms with Crippen LogP contribution in [-0.2, 0) is 4.74 Å². The summed E-state index contributed by atoms with van der Waals surface area (Å²) in [5.74, 6) is 0. The number of nitrogens with zero attached hydrogens (tertiary/aromatic N) is 1. The maximum absolute atomic E-state index is 9.59. The number of ether oxygens (including phenoxy) is 1. The highest BCUT2D eigenvalue weighted by Crippen LogP contribution is 2.05. The molecule has 1 atom stereocenters. The first-order chi connectivity index (χ1) is 7.47. The van der Waals surface area contributed by atoms with Gasteiger partial charge in [-0.15, -0.1) is 0 Å². The monoisotopic (exact) mass is 230 g/mol. The largest absolute Gasteiger partial charge is 0.390 e. The van der Waals surface area contributed by atoms with Crippen LogP contribution in [0.4, 0.5) is 0 Å². The van der Waals surface area contributed by atoms with E-state index in [2.05, 4.69) is 17.1 Å². The van der Waals surface area contributed by atoms with Crippen molar-refractivity contribution in [3.8, 4) is 0 Å². The minimum Gasteiger partial charge on any atom is -0.390 e. The van der Waals surface area contributed by atoms with E-state index in [1.807, 2.05) is 13.8 Å². The van der Waals surface area contributed by atoms with Crippen LogP contribution in [0.25, 0.3) is 0 Å². The molecule has 4 heteroatoms. The molecule has 1 saturated heterocycles. The maximum Gasteiger partial charge on any atom is 0.0603 e. The minimum atomic E-state index is -0.564. The van der Waals surface area contributed by atoms with Gasteiger partial charge in [-0.25, -0.2) is 0 Å². The second-order valence-corrected chi connectivity index (χ2v) is 5.33. The molecule has 0 bridgehead atoms. The van der Waals surface area contributed by atoms with Crippen LogP contribution in [0.15, 0.2) is 0 Å².